The SMILES string of the molecule is COc1cc(-c2nnc(CN3CCN(C(=O)c4ccccc4)CC3)o2)cc(OC)c1OC. The van der Waals surface area contributed by atoms with E-state index in [0.717, 1.165) is 13.1 Å². The fourth-order valence-corrected chi connectivity index (χ4v) is 3.70. The van der Waals surface area contributed by atoms with E-state index in [1.807, 2.05) is 35.2 Å². The Morgan fingerprint density at radius 3 is 2.19 bits per heavy atom. The van der Waals surface area contributed by atoms with Crippen molar-refractivity contribution in [1.82, 2.24) is 20.0 Å². The molecule has 0 saturated carbocycles. The number of aromatic nitrogens is 2. The molecule has 0 atom stereocenters. The summed E-state index contributed by atoms with van der Waals surface area (Å²) in [6, 6.07) is 12.9. The van der Waals surface area contributed by atoms with Gasteiger partial charge in [0, 0.05) is 37.3 Å². The zero-order valence-electron chi connectivity index (χ0n) is 18.4. The van der Waals surface area contributed by atoms with Crippen LogP contribution in [0, 0.1) is 0 Å². The van der Waals surface area contributed by atoms with Crippen molar-refractivity contribution in [3.63, 3.8) is 0 Å². The van der Waals surface area contributed by atoms with Crippen LogP contribution in [0.4, 0.5) is 0 Å². The van der Waals surface area contributed by atoms with Crippen LogP contribution in [0.25, 0.3) is 11.5 Å². The zero-order valence-corrected chi connectivity index (χ0v) is 18.4. The summed E-state index contributed by atoms with van der Waals surface area (Å²) in [5.41, 5.74) is 1.39. The summed E-state index contributed by atoms with van der Waals surface area (Å²) in [6.45, 7) is 3.30. The van der Waals surface area contributed by atoms with Gasteiger partial charge in [0.25, 0.3) is 5.91 Å². The first-order valence-electron chi connectivity index (χ1n) is 10.3. The minimum atomic E-state index is 0.0627. The Hall–Kier alpha value is -3.59. The molecule has 1 aliphatic rings. The predicted molar refractivity (Wildman–Crippen MR) is 117 cm³/mol. The number of nitrogens with zero attached hydrogens (tertiary/aromatic N) is 4. The van der Waals surface area contributed by atoms with E-state index < -0.39 is 0 Å². The highest BCUT2D eigenvalue weighted by atomic mass is 16.5. The molecule has 1 aliphatic heterocycles. The van der Waals surface area contributed by atoms with E-state index in [2.05, 4.69) is 15.1 Å². The Kier molecular flexibility index (Phi) is 6.55. The maximum Gasteiger partial charge on any atom is 0.253 e. The van der Waals surface area contributed by atoms with E-state index in [9.17, 15) is 4.79 Å². The molecule has 1 fully saturated rings. The zero-order chi connectivity index (χ0) is 22.5. The van der Waals surface area contributed by atoms with Crippen LogP contribution in [-0.2, 0) is 6.54 Å². The summed E-state index contributed by atoms with van der Waals surface area (Å²) in [5.74, 6) is 2.48. The molecule has 0 N–H and O–H groups in total. The maximum atomic E-state index is 12.6. The number of benzene rings is 2. The smallest absolute Gasteiger partial charge is 0.253 e. The molecule has 3 aromatic rings. The van der Waals surface area contributed by atoms with Gasteiger partial charge in [-0.2, -0.15) is 0 Å². The van der Waals surface area contributed by atoms with Crippen molar-refractivity contribution in [2.24, 2.45) is 0 Å². The third kappa shape index (κ3) is 4.52. The second kappa shape index (κ2) is 9.69. The molecule has 4 rings (SSSR count). The van der Waals surface area contributed by atoms with Crippen LogP contribution in [-0.4, -0.2) is 73.4 Å². The highest BCUT2D eigenvalue weighted by Crippen LogP contribution is 2.40. The van der Waals surface area contributed by atoms with Gasteiger partial charge in [0.15, 0.2) is 11.5 Å². The van der Waals surface area contributed by atoms with E-state index >= 15 is 0 Å². The fraction of sp³-hybridized carbons (Fsp3) is 0.348. The summed E-state index contributed by atoms with van der Waals surface area (Å²) in [4.78, 5) is 16.7. The first-order valence-corrected chi connectivity index (χ1v) is 10.3. The number of ether oxygens (including phenoxy) is 3. The van der Waals surface area contributed by atoms with Crippen LogP contribution in [0.5, 0.6) is 17.2 Å². The Morgan fingerprint density at radius 1 is 0.938 bits per heavy atom. The molecule has 32 heavy (non-hydrogen) atoms. The quantitative estimate of drug-likeness (QED) is 0.556. The summed E-state index contributed by atoms with van der Waals surface area (Å²) < 4.78 is 22.0. The minimum absolute atomic E-state index is 0.0627. The number of methoxy groups -OCH3 is 3. The minimum Gasteiger partial charge on any atom is -0.493 e. The molecule has 0 radical (unpaired) electrons. The number of carbonyl (C=O) groups is 1. The lowest BCUT2D eigenvalue weighted by molar-refractivity contribution is 0.0618. The lowest BCUT2D eigenvalue weighted by Crippen LogP contribution is -2.48. The molecule has 9 nitrogen and oxygen atoms in total. The number of carbonyl (C=O) groups excluding carboxylic acids is 1. The van der Waals surface area contributed by atoms with Crippen LogP contribution >= 0.6 is 0 Å². The van der Waals surface area contributed by atoms with Gasteiger partial charge in [0.2, 0.25) is 17.5 Å². The monoisotopic (exact) mass is 438 g/mol. The third-order valence-electron chi connectivity index (χ3n) is 5.42. The standard InChI is InChI=1S/C23H26N4O5/c1-29-18-13-17(14-19(30-2)21(18)31-3)22-25-24-20(32-22)15-26-9-11-27(12-10-26)23(28)16-7-5-4-6-8-16/h4-8,13-14H,9-12,15H2,1-3H3. The second-order valence-electron chi connectivity index (χ2n) is 7.35. The average molecular weight is 438 g/mol. The van der Waals surface area contributed by atoms with Crippen molar-refractivity contribution in [3.8, 4) is 28.7 Å². The van der Waals surface area contributed by atoms with E-state index in [0.29, 0.717) is 59.8 Å². The number of rotatable bonds is 7. The molecule has 2 aromatic carbocycles. The average Bonchev–Trinajstić information content (AvgIpc) is 3.32. The first kappa shape index (κ1) is 21.6. The molecule has 1 amide bonds. The maximum absolute atomic E-state index is 12.6. The highest BCUT2D eigenvalue weighted by Gasteiger charge is 2.24. The van der Waals surface area contributed by atoms with Crippen molar-refractivity contribution in [2.45, 2.75) is 6.54 Å². The number of hydrogen-bond donors (Lipinski definition) is 0. The lowest BCUT2D eigenvalue weighted by atomic mass is 10.2. The molecule has 0 spiro atoms. The van der Waals surface area contributed by atoms with Gasteiger partial charge >= 0.3 is 0 Å². The predicted octanol–water partition coefficient (Wildman–Crippen LogP) is 2.72. The van der Waals surface area contributed by atoms with E-state index in [4.69, 9.17) is 18.6 Å². The van der Waals surface area contributed by atoms with Gasteiger partial charge in [0.05, 0.1) is 27.9 Å². The lowest BCUT2D eigenvalue weighted by Gasteiger charge is -2.34. The Bertz CT molecular complexity index is 1040. The number of amides is 1. The molecule has 2 heterocycles. The van der Waals surface area contributed by atoms with E-state index in [1.165, 1.54) is 0 Å². The topological polar surface area (TPSA) is 90.2 Å². The molecular weight excluding hydrogens is 412 g/mol. The summed E-state index contributed by atoms with van der Waals surface area (Å²) in [7, 11) is 4.67. The molecule has 168 valence electrons. The van der Waals surface area contributed by atoms with Crippen LogP contribution in [0.3, 0.4) is 0 Å². The number of piperazine rings is 1. The van der Waals surface area contributed by atoms with Crippen molar-refractivity contribution in [1.29, 1.82) is 0 Å². The molecule has 9 heteroatoms. The molecule has 0 bridgehead atoms. The third-order valence-corrected chi connectivity index (χ3v) is 5.42. The Balaban J connectivity index is 1.40. The van der Waals surface area contributed by atoms with Crippen molar-refractivity contribution in [3.05, 3.63) is 53.9 Å². The largest absolute Gasteiger partial charge is 0.493 e. The molecule has 0 unspecified atom stereocenters. The van der Waals surface area contributed by atoms with Gasteiger partial charge < -0.3 is 23.5 Å². The summed E-state index contributed by atoms with van der Waals surface area (Å²) in [6.07, 6.45) is 0. The van der Waals surface area contributed by atoms with Gasteiger partial charge in [-0.3, -0.25) is 9.69 Å². The van der Waals surface area contributed by atoms with Gasteiger partial charge in [-0.25, -0.2) is 0 Å². The normalized spacial score (nSPS) is 14.3. The summed E-state index contributed by atoms with van der Waals surface area (Å²) in [5, 5.41) is 8.37. The van der Waals surface area contributed by atoms with Gasteiger partial charge in [-0.1, -0.05) is 18.2 Å². The number of hydrogen-bond acceptors (Lipinski definition) is 8. The molecular formula is C23H26N4O5. The first-order chi connectivity index (χ1) is 15.6. The van der Waals surface area contributed by atoms with Crippen LogP contribution in [0.15, 0.2) is 46.9 Å². The Labute approximate surface area is 186 Å². The van der Waals surface area contributed by atoms with Crippen LogP contribution in [0.2, 0.25) is 0 Å². The summed E-state index contributed by atoms with van der Waals surface area (Å²) >= 11 is 0. The molecule has 1 aromatic heterocycles. The molecule has 0 aliphatic carbocycles. The second-order valence-corrected chi connectivity index (χ2v) is 7.35. The van der Waals surface area contributed by atoms with Crippen molar-refractivity contribution >= 4 is 5.91 Å². The van der Waals surface area contributed by atoms with Gasteiger partial charge in [-0.05, 0) is 24.3 Å². The molecule has 1 saturated heterocycles. The highest BCUT2D eigenvalue weighted by molar-refractivity contribution is 5.94. The van der Waals surface area contributed by atoms with Crippen LogP contribution < -0.4 is 14.2 Å². The van der Waals surface area contributed by atoms with Gasteiger partial charge in [-0.15, -0.1) is 10.2 Å². The van der Waals surface area contributed by atoms with E-state index in [-0.39, 0.29) is 5.91 Å². The Morgan fingerprint density at radius 2 is 1.59 bits per heavy atom. The van der Waals surface area contributed by atoms with Crippen molar-refractivity contribution in [2.75, 3.05) is 47.5 Å². The van der Waals surface area contributed by atoms with Gasteiger partial charge in [0.1, 0.15) is 0 Å². The van der Waals surface area contributed by atoms with Crippen LogP contribution in [0.1, 0.15) is 16.2 Å². The fourth-order valence-electron chi connectivity index (χ4n) is 3.70. The van der Waals surface area contributed by atoms with Crippen molar-refractivity contribution < 1.29 is 23.4 Å². The van der Waals surface area contributed by atoms with E-state index in [1.54, 1.807) is 33.5 Å².